The molecule has 5 atom stereocenters. The molecule has 2 bridgehead atoms. The number of likely N-dealkylation sites (tertiary alicyclic amines) is 1. The molecule has 3 aliphatic rings. The van der Waals surface area contributed by atoms with Gasteiger partial charge >= 0.3 is 5.97 Å². The summed E-state index contributed by atoms with van der Waals surface area (Å²) in [4.78, 5) is 26.4. The molecule has 2 fully saturated rings. The Morgan fingerprint density at radius 1 is 1.68 bits per heavy atom. The fraction of sp³-hybridized carbons (Fsp3) is 0.714. The second-order valence-corrected chi connectivity index (χ2v) is 5.65. The van der Waals surface area contributed by atoms with Gasteiger partial charge in [-0.15, -0.1) is 0 Å². The molecule has 5 heteroatoms. The minimum Gasteiger partial charge on any atom is -0.469 e. The van der Waals surface area contributed by atoms with Gasteiger partial charge in [0.05, 0.1) is 25.7 Å². The number of carbonyl (C=O) groups excluding carboxylic acids is 2. The van der Waals surface area contributed by atoms with E-state index in [-0.39, 0.29) is 24.0 Å². The van der Waals surface area contributed by atoms with Crippen LogP contribution < -0.4 is 0 Å². The molecule has 1 spiro atoms. The van der Waals surface area contributed by atoms with Crippen LogP contribution in [0.15, 0.2) is 12.2 Å². The van der Waals surface area contributed by atoms with Gasteiger partial charge in [0.1, 0.15) is 11.5 Å². The van der Waals surface area contributed by atoms with Crippen molar-refractivity contribution in [1.29, 1.82) is 0 Å². The third kappa shape index (κ3) is 1.51. The predicted octanol–water partition coefficient (Wildman–Crippen LogP) is 0.740. The van der Waals surface area contributed by atoms with Gasteiger partial charge in [-0.1, -0.05) is 19.1 Å². The predicted molar refractivity (Wildman–Crippen MR) is 67.2 cm³/mol. The van der Waals surface area contributed by atoms with Crippen LogP contribution >= 0.6 is 0 Å². The first-order valence-corrected chi connectivity index (χ1v) is 6.79. The highest BCUT2D eigenvalue weighted by molar-refractivity contribution is 5.91. The largest absolute Gasteiger partial charge is 0.469 e. The van der Waals surface area contributed by atoms with E-state index in [1.54, 1.807) is 0 Å². The zero-order valence-corrected chi connectivity index (χ0v) is 11.5. The average Bonchev–Trinajstić information content (AvgIpc) is 3.05. The summed E-state index contributed by atoms with van der Waals surface area (Å²) in [6.07, 6.45) is 4.44. The molecule has 0 aliphatic carbocycles. The number of carbonyl (C=O) groups is 2. The fourth-order valence-electron chi connectivity index (χ4n) is 3.53. The third-order valence-corrected chi connectivity index (χ3v) is 4.73. The maximum absolute atomic E-state index is 12.6. The van der Waals surface area contributed by atoms with Crippen molar-refractivity contribution in [3.63, 3.8) is 0 Å². The van der Waals surface area contributed by atoms with Crippen LogP contribution in [0.3, 0.4) is 0 Å². The summed E-state index contributed by atoms with van der Waals surface area (Å²) < 4.78 is 10.8. The van der Waals surface area contributed by atoms with E-state index in [2.05, 4.69) is 6.92 Å². The van der Waals surface area contributed by atoms with Crippen molar-refractivity contribution in [2.75, 3.05) is 13.7 Å². The molecule has 5 nitrogen and oxygen atoms in total. The number of rotatable bonds is 3. The van der Waals surface area contributed by atoms with Crippen molar-refractivity contribution in [3.8, 4) is 0 Å². The maximum atomic E-state index is 12.6. The van der Waals surface area contributed by atoms with E-state index in [1.165, 1.54) is 7.11 Å². The molecule has 0 aromatic heterocycles. The quantitative estimate of drug-likeness (QED) is 0.558. The maximum Gasteiger partial charge on any atom is 0.312 e. The number of esters is 1. The van der Waals surface area contributed by atoms with E-state index < -0.39 is 17.4 Å². The Morgan fingerprint density at radius 3 is 3.05 bits per heavy atom. The molecule has 0 radical (unpaired) electrons. The van der Waals surface area contributed by atoms with Gasteiger partial charge in [-0.05, 0) is 13.3 Å². The molecule has 2 saturated heterocycles. The van der Waals surface area contributed by atoms with Crippen molar-refractivity contribution in [2.45, 2.75) is 38.0 Å². The fourth-order valence-corrected chi connectivity index (χ4v) is 3.53. The summed E-state index contributed by atoms with van der Waals surface area (Å²) in [5.41, 5.74) is -0.607. The topological polar surface area (TPSA) is 55.8 Å². The Morgan fingerprint density at radius 2 is 2.42 bits per heavy atom. The first-order valence-electron chi connectivity index (χ1n) is 6.79. The van der Waals surface area contributed by atoms with Gasteiger partial charge in [-0.25, -0.2) is 0 Å². The molecule has 0 aromatic rings. The SMILES string of the molecule is CC[C@H](C)N1C[C@]23C=C[C@H](O2)[C@@H](C(=O)OC)[C@@H]3C1=O. The molecule has 0 saturated carbocycles. The highest BCUT2D eigenvalue weighted by Gasteiger charge is 2.67. The number of methoxy groups -OCH3 is 1. The minimum absolute atomic E-state index is 0.0246. The number of nitrogens with zero attached hydrogens (tertiary/aromatic N) is 1. The van der Waals surface area contributed by atoms with Crippen LogP contribution in [0, 0.1) is 11.8 Å². The zero-order valence-electron chi connectivity index (χ0n) is 11.5. The van der Waals surface area contributed by atoms with Crippen molar-refractivity contribution in [3.05, 3.63) is 12.2 Å². The van der Waals surface area contributed by atoms with Crippen LogP contribution in [0.4, 0.5) is 0 Å². The normalized spacial score (nSPS) is 40.7. The lowest BCUT2D eigenvalue weighted by atomic mass is 9.77. The van der Waals surface area contributed by atoms with Crippen LogP contribution in [0.1, 0.15) is 20.3 Å². The highest BCUT2D eigenvalue weighted by atomic mass is 16.5. The zero-order chi connectivity index (χ0) is 13.8. The molecule has 3 rings (SSSR count). The molecule has 1 amide bonds. The first-order chi connectivity index (χ1) is 9.04. The van der Waals surface area contributed by atoms with E-state index >= 15 is 0 Å². The van der Waals surface area contributed by atoms with Crippen LogP contribution in [-0.2, 0) is 19.1 Å². The molecular weight excluding hydrogens is 246 g/mol. The van der Waals surface area contributed by atoms with E-state index in [0.717, 1.165) is 6.42 Å². The molecule has 0 N–H and O–H groups in total. The number of hydrogen-bond donors (Lipinski definition) is 0. The molecular formula is C14H19NO4. The number of ether oxygens (including phenoxy) is 2. The van der Waals surface area contributed by atoms with Crippen molar-refractivity contribution < 1.29 is 19.1 Å². The standard InChI is InChI=1S/C14H19NO4/c1-4-8(2)15-7-14-6-5-9(19-14)10(13(17)18-3)11(14)12(15)16/h5-6,8-11H,4,7H2,1-3H3/t8-,9-,10+,11+,14-/m0/s1. The lowest BCUT2D eigenvalue weighted by molar-refractivity contribution is -0.151. The molecule has 3 heterocycles. The Kier molecular flexibility index (Phi) is 2.71. The van der Waals surface area contributed by atoms with Gasteiger partial charge in [0.15, 0.2) is 0 Å². The molecule has 104 valence electrons. The Hall–Kier alpha value is -1.36. The second kappa shape index (κ2) is 4.07. The van der Waals surface area contributed by atoms with Crippen LogP contribution in [0.5, 0.6) is 0 Å². The summed E-state index contributed by atoms with van der Waals surface area (Å²) in [6.45, 7) is 4.63. The van der Waals surface area contributed by atoms with Gasteiger partial charge in [0.25, 0.3) is 0 Å². The summed E-state index contributed by atoms with van der Waals surface area (Å²) in [7, 11) is 1.36. The lowest BCUT2D eigenvalue weighted by Crippen LogP contribution is -2.40. The van der Waals surface area contributed by atoms with Crippen LogP contribution in [0.2, 0.25) is 0 Å². The Bertz CT molecular complexity index is 460. The number of fused-ring (bicyclic) bond motifs is 1. The summed E-state index contributed by atoms with van der Waals surface area (Å²) in [5, 5.41) is 0. The lowest BCUT2D eigenvalue weighted by Gasteiger charge is -2.26. The van der Waals surface area contributed by atoms with Gasteiger partial charge in [0.2, 0.25) is 5.91 Å². The van der Waals surface area contributed by atoms with Gasteiger partial charge in [-0.3, -0.25) is 9.59 Å². The van der Waals surface area contributed by atoms with Crippen molar-refractivity contribution >= 4 is 11.9 Å². The average molecular weight is 265 g/mol. The van der Waals surface area contributed by atoms with Crippen molar-refractivity contribution in [2.24, 2.45) is 11.8 Å². The van der Waals surface area contributed by atoms with Gasteiger partial charge in [0, 0.05) is 6.04 Å². The van der Waals surface area contributed by atoms with Crippen molar-refractivity contribution in [1.82, 2.24) is 4.90 Å². The van der Waals surface area contributed by atoms with E-state index in [4.69, 9.17) is 9.47 Å². The monoisotopic (exact) mass is 265 g/mol. The molecule has 3 aliphatic heterocycles. The van der Waals surface area contributed by atoms with Crippen LogP contribution in [0.25, 0.3) is 0 Å². The summed E-state index contributed by atoms with van der Waals surface area (Å²) in [5.74, 6) is -1.22. The molecule has 0 aromatic carbocycles. The highest BCUT2D eigenvalue weighted by Crippen LogP contribution is 2.52. The minimum atomic E-state index is -0.607. The third-order valence-electron chi connectivity index (χ3n) is 4.73. The molecule has 0 unspecified atom stereocenters. The van der Waals surface area contributed by atoms with Gasteiger partial charge < -0.3 is 14.4 Å². The Balaban J connectivity index is 1.95. The first kappa shape index (κ1) is 12.7. The van der Waals surface area contributed by atoms with Gasteiger partial charge in [-0.2, -0.15) is 0 Å². The van der Waals surface area contributed by atoms with E-state index in [9.17, 15) is 9.59 Å². The molecule has 19 heavy (non-hydrogen) atoms. The van der Waals surface area contributed by atoms with E-state index in [1.807, 2.05) is 24.0 Å². The number of hydrogen-bond acceptors (Lipinski definition) is 4. The second-order valence-electron chi connectivity index (χ2n) is 5.65. The summed E-state index contributed by atoms with van der Waals surface area (Å²) in [6, 6.07) is 0.168. The summed E-state index contributed by atoms with van der Waals surface area (Å²) >= 11 is 0. The van der Waals surface area contributed by atoms with Crippen LogP contribution in [-0.4, -0.2) is 48.2 Å². The smallest absolute Gasteiger partial charge is 0.312 e. The number of amides is 1. The van der Waals surface area contributed by atoms with E-state index in [0.29, 0.717) is 6.54 Å². The Labute approximate surface area is 112 Å².